The van der Waals surface area contributed by atoms with E-state index in [1.165, 1.54) is 4.57 Å². The van der Waals surface area contributed by atoms with E-state index in [1.807, 2.05) is 37.3 Å². The van der Waals surface area contributed by atoms with Gasteiger partial charge in [-0.25, -0.2) is 4.52 Å². The predicted molar refractivity (Wildman–Crippen MR) is 128 cm³/mol. The molecule has 0 aliphatic heterocycles. The average Bonchev–Trinajstić information content (AvgIpc) is 3.27. The fourth-order valence-corrected chi connectivity index (χ4v) is 4.07. The summed E-state index contributed by atoms with van der Waals surface area (Å²) < 4.78 is 19.2. The van der Waals surface area contributed by atoms with Crippen molar-refractivity contribution in [1.82, 2.24) is 24.4 Å². The van der Waals surface area contributed by atoms with Crippen molar-refractivity contribution in [2.45, 2.75) is 13.3 Å². The molecule has 3 heterocycles. The van der Waals surface area contributed by atoms with Crippen molar-refractivity contribution in [1.29, 1.82) is 0 Å². The van der Waals surface area contributed by atoms with E-state index in [-0.39, 0.29) is 11.1 Å². The van der Waals surface area contributed by atoms with E-state index in [0.717, 1.165) is 22.6 Å². The van der Waals surface area contributed by atoms with Crippen molar-refractivity contribution >= 4 is 16.7 Å². The zero-order valence-corrected chi connectivity index (χ0v) is 19.3. The van der Waals surface area contributed by atoms with E-state index in [1.54, 1.807) is 50.2 Å². The van der Waals surface area contributed by atoms with Gasteiger partial charge in [0.2, 0.25) is 0 Å². The molecular formula is C25H23N5O4. The van der Waals surface area contributed by atoms with Gasteiger partial charge in [-0.05, 0) is 42.3 Å². The largest absolute Gasteiger partial charge is 0.497 e. The summed E-state index contributed by atoms with van der Waals surface area (Å²) in [6, 6.07) is 14.8. The second-order valence-electron chi connectivity index (χ2n) is 7.60. The van der Waals surface area contributed by atoms with Crippen LogP contribution in [0.15, 0.2) is 59.5 Å². The lowest BCUT2D eigenvalue weighted by molar-refractivity contribution is 0.401. The number of hydrogen-bond acceptors (Lipinski definition) is 7. The van der Waals surface area contributed by atoms with E-state index in [0.29, 0.717) is 34.8 Å². The Kier molecular flexibility index (Phi) is 5.37. The maximum absolute atomic E-state index is 13.5. The van der Waals surface area contributed by atoms with Crippen LogP contribution >= 0.6 is 0 Å². The van der Waals surface area contributed by atoms with Gasteiger partial charge in [-0.1, -0.05) is 19.1 Å². The molecule has 0 spiro atoms. The summed E-state index contributed by atoms with van der Waals surface area (Å²) in [7, 11) is 4.76. The fraction of sp³-hybridized carbons (Fsp3) is 0.200. The number of pyridine rings is 1. The molecule has 0 fully saturated rings. The molecule has 172 valence electrons. The number of fused-ring (bicyclic) bond motifs is 3. The zero-order chi connectivity index (χ0) is 23.8. The average molecular weight is 457 g/mol. The smallest absolute Gasteiger partial charge is 0.285 e. The van der Waals surface area contributed by atoms with Crippen molar-refractivity contribution in [3.8, 4) is 34.1 Å². The molecule has 2 aromatic carbocycles. The van der Waals surface area contributed by atoms with E-state index in [9.17, 15) is 4.79 Å². The number of ether oxygens (including phenoxy) is 3. The topological polar surface area (TPSA) is 92.8 Å². The van der Waals surface area contributed by atoms with Crippen LogP contribution in [0.3, 0.4) is 0 Å². The lowest BCUT2D eigenvalue weighted by atomic mass is 10.0. The van der Waals surface area contributed by atoms with Crippen molar-refractivity contribution in [3.63, 3.8) is 0 Å². The highest BCUT2D eigenvalue weighted by Crippen LogP contribution is 2.31. The zero-order valence-electron chi connectivity index (χ0n) is 19.3. The highest BCUT2D eigenvalue weighted by Gasteiger charge is 2.20. The van der Waals surface area contributed by atoms with Crippen LogP contribution in [0.25, 0.3) is 33.5 Å². The molecule has 9 heteroatoms. The van der Waals surface area contributed by atoms with Gasteiger partial charge in [0, 0.05) is 12.3 Å². The van der Waals surface area contributed by atoms with Gasteiger partial charge in [0.15, 0.2) is 11.2 Å². The van der Waals surface area contributed by atoms with Gasteiger partial charge in [-0.3, -0.25) is 9.36 Å². The minimum absolute atomic E-state index is 0.200. The normalized spacial score (nSPS) is 11.2. The third kappa shape index (κ3) is 3.33. The predicted octanol–water partition coefficient (Wildman–Crippen LogP) is 3.68. The Bertz CT molecular complexity index is 1570. The molecule has 3 aromatic heterocycles. The van der Waals surface area contributed by atoms with Crippen LogP contribution in [-0.4, -0.2) is 45.7 Å². The Balaban J connectivity index is 1.74. The first-order valence-electron chi connectivity index (χ1n) is 10.8. The number of methoxy groups -OCH3 is 3. The molecule has 0 N–H and O–H groups in total. The van der Waals surface area contributed by atoms with Crippen LogP contribution in [0.4, 0.5) is 0 Å². The van der Waals surface area contributed by atoms with Gasteiger partial charge in [0.05, 0.1) is 38.3 Å². The monoisotopic (exact) mass is 457 g/mol. The first kappa shape index (κ1) is 21.4. The summed E-state index contributed by atoms with van der Waals surface area (Å²) in [5, 5.41) is 13.5. The quantitative estimate of drug-likeness (QED) is 0.384. The third-order valence-electron chi connectivity index (χ3n) is 5.81. The molecule has 0 saturated heterocycles. The molecular weight excluding hydrogens is 434 g/mol. The lowest BCUT2D eigenvalue weighted by Gasteiger charge is -2.13. The molecule has 5 aromatic rings. The number of benzene rings is 2. The first-order valence-corrected chi connectivity index (χ1v) is 10.8. The van der Waals surface area contributed by atoms with Crippen LogP contribution in [-0.2, 0) is 6.42 Å². The third-order valence-corrected chi connectivity index (χ3v) is 5.81. The van der Waals surface area contributed by atoms with Gasteiger partial charge < -0.3 is 14.2 Å². The number of hydrogen-bond donors (Lipinski definition) is 0. The molecule has 9 nitrogen and oxygen atoms in total. The van der Waals surface area contributed by atoms with Crippen LogP contribution in [0.2, 0.25) is 0 Å². The van der Waals surface area contributed by atoms with E-state index >= 15 is 0 Å². The first-order chi connectivity index (χ1) is 16.6. The van der Waals surface area contributed by atoms with Gasteiger partial charge in [-0.15, -0.1) is 10.2 Å². The maximum atomic E-state index is 13.5. The van der Waals surface area contributed by atoms with Gasteiger partial charge in [0.1, 0.15) is 22.8 Å². The Morgan fingerprint density at radius 2 is 1.62 bits per heavy atom. The number of nitrogens with zero attached hydrogens (tertiary/aromatic N) is 5. The van der Waals surface area contributed by atoms with Crippen molar-refractivity contribution in [2.75, 3.05) is 21.3 Å². The molecule has 0 bridgehead atoms. The highest BCUT2D eigenvalue weighted by molar-refractivity contribution is 5.85. The molecule has 0 atom stereocenters. The molecule has 0 radical (unpaired) electrons. The minimum atomic E-state index is -0.335. The van der Waals surface area contributed by atoms with E-state index in [4.69, 9.17) is 19.3 Å². The van der Waals surface area contributed by atoms with Crippen LogP contribution in [0.5, 0.6) is 17.2 Å². The van der Waals surface area contributed by atoms with Gasteiger partial charge in [-0.2, -0.15) is 5.10 Å². The molecule has 0 amide bonds. The van der Waals surface area contributed by atoms with Gasteiger partial charge >= 0.3 is 0 Å². The SMILES string of the molecule is CCc1nn2c(nnc3c(=O)n(-c4cc(OC)ccc4OC)ccc32)c1-c1ccc(OC)cc1. The second kappa shape index (κ2) is 8.51. The Morgan fingerprint density at radius 3 is 2.29 bits per heavy atom. The van der Waals surface area contributed by atoms with Gasteiger partial charge in [0.25, 0.3) is 5.56 Å². The lowest BCUT2D eigenvalue weighted by Crippen LogP contribution is -2.20. The standard InChI is InChI=1S/C25H23N5O4/c1-5-18-22(15-6-8-16(32-2)9-7-15)24-27-26-23-19(30(24)28-18)12-13-29(25(23)31)20-14-17(33-3)10-11-21(20)34-4/h6-14H,5H2,1-4H3. The Hall–Kier alpha value is -4.40. The number of aryl methyl sites for hydroxylation is 1. The number of rotatable bonds is 6. The summed E-state index contributed by atoms with van der Waals surface area (Å²) >= 11 is 0. The minimum Gasteiger partial charge on any atom is -0.497 e. The van der Waals surface area contributed by atoms with E-state index < -0.39 is 0 Å². The Labute approximate surface area is 195 Å². The molecule has 0 aliphatic rings. The molecule has 0 unspecified atom stereocenters. The Morgan fingerprint density at radius 1 is 0.882 bits per heavy atom. The summed E-state index contributed by atoms with van der Waals surface area (Å²) in [4.78, 5) is 13.5. The summed E-state index contributed by atoms with van der Waals surface area (Å²) in [6.45, 7) is 2.03. The van der Waals surface area contributed by atoms with Crippen LogP contribution in [0.1, 0.15) is 12.6 Å². The fourth-order valence-electron chi connectivity index (χ4n) is 4.07. The van der Waals surface area contributed by atoms with Crippen molar-refractivity contribution in [3.05, 3.63) is 70.8 Å². The second-order valence-corrected chi connectivity index (χ2v) is 7.60. The summed E-state index contributed by atoms with van der Waals surface area (Å²) in [6.07, 6.45) is 2.38. The molecule has 0 saturated carbocycles. The van der Waals surface area contributed by atoms with Crippen LogP contribution < -0.4 is 19.8 Å². The highest BCUT2D eigenvalue weighted by atomic mass is 16.5. The molecule has 0 aliphatic carbocycles. The summed E-state index contributed by atoms with van der Waals surface area (Å²) in [5.41, 5.74) is 4.28. The summed E-state index contributed by atoms with van der Waals surface area (Å²) in [5.74, 6) is 1.90. The van der Waals surface area contributed by atoms with Crippen LogP contribution in [0, 0.1) is 0 Å². The maximum Gasteiger partial charge on any atom is 0.285 e. The van der Waals surface area contributed by atoms with Crippen molar-refractivity contribution in [2.24, 2.45) is 0 Å². The molecule has 34 heavy (non-hydrogen) atoms. The van der Waals surface area contributed by atoms with E-state index in [2.05, 4.69) is 10.2 Å². The molecule has 5 rings (SSSR count). The number of aromatic nitrogens is 5. The van der Waals surface area contributed by atoms with Crippen molar-refractivity contribution < 1.29 is 14.2 Å².